The Labute approximate surface area is 134 Å². The summed E-state index contributed by atoms with van der Waals surface area (Å²) in [5.41, 5.74) is 0.981. The van der Waals surface area contributed by atoms with Crippen molar-refractivity contribution in [2.24, 2.45) is 5.92 Å². The van der Waals surface area contributed by atoms with Crippen LogP contribution in [0.3, 0.4) is 0 Å². The van der Waals surface area contributed by atoms with Crippen molar-refractivity contribution in [2.45, 2.75) is 12.8 Å². The first-order chi connectivity index (χ1) is 10.7. The second-order valence-electron chi connectivity index (χ2n) is 5.71. The summed E-state index contributed by atoms with van der Waals surface area (Å²) in [4.78, 5) is 18.5. The third-order valence-corrected chi connectivity index (χ3v) is 4.98. The summed E-state index contributed by atoms with van der Waals surface area (Å²) in [7, 11) is 1.90. The number of fused-ring (bicyclic) bond motifs is 1. The number of benzene rings is 1. The van der Waals surface area contributed by atoms with E-state index in [-0.39, 0.29) is 5.91 Å². The molecule has 22 heavy (non-hydrogen) atoms. The van der Waals surface area contributed by atoms with Crippen molar-refractivity contribution in [1.82, 2.24) is 10.3 Å². The number of hydrogen-bond donors (Lipinski definition) is 1. The molecule has 6 heteroatoms. The number of ether oxygens (including phenoxy) is 1. The second kappa shape index (κ2) is 7.07. The second-order valence-corrected chi connectivity index (χ2v) is 6.72. The summed E-state index contributed by atoms with van der Waals surface area (Å²) in [6, 6.07) is 8.02. The van der Waals surface area contributed by atoms with E-state index in [9.17, 15) is 4.79 Å². The zero-order valence-electron chi connectivity index (χ0n) is 12.7. The van der Waals surface area contributed by atoms with Crippen molar-refractivity contribution in [1.29, 1.82) is 0 Å². The summed E-state index contributed by atoms with van der Waals surface area (Å²) in [5.74, 6) is 0.484. The molecule has 1 aliphatic rings. The van der Waals surface area contributed by atoms with E-state index < -0.39 is 0 Å². The summed E-state index contributed by atoms with van der Waals surface area (Å²) in [6.45, 7) is 2.64. The molecule has 0 aliphatic carbocycles. The van der Waals surface area contributed by atoms with Gasteiger partial charge in [-0.3, -0.25) is 4.79 Å². The fourth-order valence-corrected chi connectivity index (χ4v) is 3.51. The van der Waals surface area contributed by atoms with Crippen molar-refractivity contribution in [3.8, 4) is 0 Å². The average molecular weight is 319 g/mol. The van der Waals surface area contributed by atoms with Crippen LogP contribution in [0.2, 0.25) is 0 Å². The first-order valence-corrected chi connectivity index (χ1v) is 8.45. The van der Waals surface area contributed by atoms with Gasteiger partial charge in [0.1, 0.15) is 0 Å². The van der Waals surface area contributed by atoms with E-state index in [0.717, 1.165) is 41.4 Å². The summed E-state index contributed by atoms with van der Waals surface area (Å²) in [5, 5.41) is 3.88. The maximum Gasteiger partial charge on any atom is 0.239 e. The molecule has 1 aliphatic heterocycles. The van der Waals surface area contributed by atoms with Crippen LogP contribution in [-0.2, 0) is 9.53 Å². The van der Waals surface area contributed by atoms with Gasteiger partial charge in [0.25, 0.3) is 0 Å². The number of anilines is 1. The van der Waals surface area contributed by atoms with Crippen molar-refractivity contribution in [3.05, 3.63) is 24.3 Å². The van der Waals surface area contributed by atoms with E-state index in [2.05, 4.69) is 10.3 Å². The Hall–Kier alpha value is -1.66. The molecule has 2 aromatic rings. The summed E-state index contributed by atoms with van der Waals surface area (Å²) in [6.07, 6.45) is 2.22. The molecule has 1 amide bonds. The standard InChI is InChI=1S/C16H21N3O2S/c1-19(16-18-13-6-2-3-7-14(13)22-16)10-15(20)17-9-12-5-4-8-21-11-12/h2-3,6-7,12H,4-5,8-11H2,1H3,(H,17,20)/t12-/m1/s1. The molecule has 1 aromatic carbocycles. The molecule has 1 saturated heterocycles. The van der Waals surface area contributed by atoms with Gasteiger partial charge in [-0.25, -0.2) is 4.98 Å². The minimum Gasteiger partial charge on any atom is -0.381 e. The number of amides is 1. The molecule has 1 N–H and O–H groups in total. The van der Waals surface area contributed by atoms with E-state index in [1.165, 1.54) is 0 Å². The number of nitrogens with one attached hydrogen (secondary N) is 1. The Bertz CT molecular complexity index is 604. The van der Waals surface area contributed by atoms with Crippen LogP contribution in [0, 0.1) is 5.92 Å². The monoisotopic (exact) mass is 319 g/mol. The van der Waals surface area contributed by atoms with Crippen molar-refractivity contribution >= 4 is 32.6 Å². The molecule has 1 fully saturated rings. The lowest BCUT2D eigenvalue weighted by molar-refractivity contribution is -0.120. The first kappa shape index (κ1) is 15.2. The van der Waals surface area contributed by atoms with E-state index in [4.69, 9.17) is 4.74 Å². The molecule has 118 valence electrons. The highest BCUT2D eigenvalue weighted by Crippen LogP contribution is 2.27. The van der Waals surface area contributed by atoms with E-state index in [1.807, 2.05) is 36.2 Å². The average Bonchev–Trinajstić information content (AvgIpc) is 2.98. The normalized spacial score (nSPS) is 18.3. The summed E-state index contributed by atoms with van der Waals surface area (Å²) >= 11 is 1.61. The van der Waals surface area contributed by atoms with Crippen molar-refractivity contribution in [2.75, 3.05) is 38.3 Å². The van der Waals surface area contributed by atoms with Crippen LogP contribution in [0.25, 0.3) is 10.2 Å². The van der Waals surface area contributed by atoms with Gasteiger partial charge in [-0.1, -0.05) is 23.5 Å². The quantitative estimate of drug-likeness (QED) is 0.918. The molecular formula is C16H21N3O2S. The molecule has 1 aromatic heterocycles. The van der Waals surface area contributed by atoms with Gasteiger partial charge in [0.2, 0.25) is 5.91 Å². The maximum absolute atomic E-state index is 12.1. The van der Waals surface area contributed by atoms with Crippen LogP contribution in [-0.4, -0.2) is 44.2 Å². The molecule has 0 radical (unpaired) electrons. The zero-order valence-corrected chi connectivity index (χ0v) is 13.6. The topological polar surface area (TPSA) is 54.5 Å². The van der Waals surface area contributed by atoms with E-state index in [0.29, 0.717) is 19.0 Å². The minimum atomic E-state index is 0.0346. The molecule has 0 bridgehead atoms. The fourth-order valence-electron chi connectivity index (χ4n) is 2.59. The molecule has 2 heterocycles. The smallest absolute Gasteiger partial charge is 0.239 e. The number of thiazole rings is 1. The minimum absolute atomic E-state index is 0.0346. The zero-order chi connectivity index (χ0) is 15.4. The number of carbonyl (C=O) groups excluding carboxylic acids is 1. The highest BCUT2D eigenvalue weighted by molar-refractivity contribution is 7.22. The predicted molar refractivity (Wildman–Crippen MR) is 89.4 cm³/mol. The Morgan fingerprint density at radius 1 is 1.50 bits per heavy atom. The van der Waals surface area contributed by atoms with Crippen molar-refractivity contribution < 1.29 is 9.53 Å². The van der Waals surface area contributed by atoms with Gasteiger partial charge in [0.05, 0.1) is 23.4 Å². The van der Waals surface area contributed by atoms with Gasteiger partial charge in [0.15, 0.2) is 5.13 Å². The lowest BCUT2D eigenvalue weighted by Gasteiger charge is -2.23. The predicted octanol–water partition coefficient (Wildman–Crippen LogP) is 2.28. The SMILES string of the molecule is CN(CC(=O)NC[C@H]1CCCOC1)c1nc2ccccc2s1. The number of likely N-dealkylation sites (N-methyl/N-ethyl adjacent to an activating group) is 1. The van der Waals surface area contributed by atoms with Crippen LogP contribution in [0.1, 0.15) is 12.8 Å². The highest BCUT2D eigenvalue weighted by atomic mass is 32.1. The number of nitrogens with zero attached hydrogens (tertiary/aromatic N) is 2. The Kier molecular flexibility index (Phi) is 4.90. The molecular weight excluding hydrogens is 298 g/mol. The third-order valence-electron chi connectivity index (χ3n) is 3.83. The lowest BCUT2D eigenvalue weighted by atomic mass is 10.0. The Balaban J connectivity index is 1.51. The molecule has 0 spiro atoms. The van der Waals surface area contributed by atoms with Crippen LogP contribution in [0.5, 0.6) is 0 Å². The molecule has 0 unspecified atom stereocenters. The van der Waals surface area contributed by atoms with Crippen LogP contribution >= 0.6 is 11.3 Å². The Morgan fingerprint density at radius 2 is 2.36 bits per heavy atom. The van der Waals surface area contributed by atoms with Gasteiger partial charge in [0, 0.05) is 20.2 Å². The lowest BCUT2D eigenvalue weighted by Crippen LogP contribution is -2.39. The number of para-hydroxylation sites is 1. The largest absolute Gasteiger partial charge is 0.381 e. The number of carbonyl (C=O) groups is 1. The molecule has 1 atom stereocenters. The van der Waals surface area contributed by atoms with Crippen LogP contribution in [0.15, 0.2) is 24.3 Å². The van der Waals surface area contributed by atoms with Gasteiger partial charge in [-0.15, -0.1) is 0 Å². The highest BCUT2D eigenvalue weighted by Gasteiger charge is 2.16. The fraction of sp³-hybridized carbons (Fsp3) is 0.500. The molecule has 5 nitrogen and oxygen atoms in total. The van der Waals surface area contributed by atoms with Crippen LogP contribution in [0.4, 0.5) is 5.13 Å². The number of hydrogen-bond acceptors (Lipinski definition) is 5. The molecule has 3 rings (SSSR count). The maximum atomic E-state index is 12.1. The van der Waals surface area contributed by atoms with E-state index in [1.54, 1.807) is 11.3 Å². The van der Waals surface area contributed by atoms with Crippen LogP contribution < -0.4 is 10.2 Å². The third kappa shape index (κ3) is 3.75. The molecule has 0 saturated carbocycles. The van der Waals surface area contributed by atoms with Gasteiger partial charge >= 0.3 is 0 Å². The van der Waals surface area contributed by atoms with Gasteiger partial charge in [-0.05, 0) is 30.9 Å². The van der Waals surface area contributed by atoms with Crippen molar-refractivity contribution in [3.63, 3.8) is 0 Å². The Morgan fingerprint density at radius 3 is 3.14 bits per heavy atom. The van der Waals surface area contributed by atoms with Gasteiger partial charge in [-0.2, -0.15) is 0 Å². The van der Waals surface area contributed by atoms with Gasteiger partial charge < -0.3 is 15.0 Å². The summed E-state index contributed by atoms with van der Waals surface area (Å²) < 4.78 is 6.57. The number of aromatic nitrogens is 1. The first-order valence-electron chi connectivity index (χ1n) is 7.63. The van der Waals surface area contributed by atoms with E-state index >= 15 is 0 Å². The number of rotatable bonds is 5.